The predicted molar refractivity (Wildman–Crippen MR) is 48.0 cm³/mol. The zero-order chi connectivity index (χ0) is 9.23. The Balaban J connectivity index is 3.08. The molecular weight excluding hydrogens is 156 g/mol. The van der Waals surface area contributed by atoms with Crippen molar-refractivity contribution in [3.05, 3.63) is 0 Å². The molecular formula is C8H18N2O2. The van der Waals surface area contributed by atoms with Crippen molar-refractivity contribution in [3.63, 3.8) is 0 Å². The van der Waals surface area contributed by atoms with Gasteiger partial charge in [0.1, 0.15) is 0 Å². The zero-order valence-electron chi connectivity index (χ0n) is 7.85. The van der Waals surface area contributed by atoms with E-state index in [0.29, 0.717) is 19.6 Å². The molecule has 0 saturated heterocycles. The van der Waals surface area contributed by atoms with Crippen LogP contribution in [0.15, 0.2) is 0 Å². The zero-order valence-corrected chi connectivity index (χ0v) is 7.85. The molecule has 0 spiro atoms. The molecule has 4 heteroatoms. The molecule has 0 atom stereocenters. The Morgan fingerprint density at radius 3 is 2.75 bits per heavy atom. The van der Waals surface area contributed by atoms with E-state index in [2.05, 4.69) is 10.6 Å². The van der Waals surface area contributed by atoms with Gasteiger partial charge in [-0.3, -0.25) is 4.79 Å². The first kappa shape index (κ1) is 11.4. The van der Waals surface area contributed by atoms with E-state index in [4.69, 9.17) is 4.74 Å². The molecule has 0 heterocycles. The Hall–Kier alpha value is -0.610. The third-order valence-corrected chi connectivity index (χ3v) is 1.45. The van der Waals surface area contributed by atoms with Crippen LogP contribution >= 0.6 is 0 Å². The third-order valence-electron chi connectivity index (χ3n) is 1.45. The Kier molecular flexibility index (Phi) is 8.05. The highest BCUT2D eigenvalue weighted by atomic mass is 16.5. The van der Waals surface area contributed by atoms with Crippen LogP contribution in [0.4, 0.5) is 0 Å². The average molecular weight is 174 g/mol. The average Bonchev–Trinajstić information content (AvgIpc) is 2.09. The van der Waals surface area contributed by atoms with Crippen LogP contribution in [0.5, 0.6) is 0 Å². The fraction of sp³-hybridized carbons (Fsp3) is 0.875. The second-order valence-corrected chi connectivity index (χ2v) is 2.55. The van der Waals surface area contributed by atoms with Gasteiger partial charge in [0.2, 0.25) is 5.91 Å². The highest BCUT2D eigenvalue weighted by Crippen LogP contribution is 1.80. The minimum Gasteiger partial charge on any atom is -0.385 e. The molecule has 0 aliphatic carbocycles. The van der Waals surface area contributed by atoms with Crippen LogP contribution in [-0.2, 0) is 9.53 Å². The molecule has 0 bridgehead atoms. The molecule has 0 rings (SSSR count). The first-order valence-electron chi connectivity index (χ1n) is 4.21. The SMILES string of the molecule is CNCCC(=O)NCCCOC. The fourth-order valence-electron chi connectivity index (χ4n) is 0.771. The summed E-state index contributed by atoms with van der Waals surface area (Å²) in [6, 6.07) is 0. The summed E-state index contributed by atoms with van der Waals surface area (Å²) in [7, 11) is 3.49. The van der Waals surface area contributed by atoms with Crippen LogP contribution in [0.25, 0.3) is 0 Å². The number of carbonyl (C=O) groups excluding carboxylic acids is 1. The molecule has 0 aliphatic rings. The van der Waals surface area contributed by atoms with E-state index in [1.807, 2.05) is 7.05 Å². The highest BCUT2D eigenvalue weighted by Gasteiger charge is 1.97. The molecule has 0 aliphatic heterocycles. The lowest BCUT2D eigenvalue weighted by atomic mass is 10.4. The minimum absolute atomic E-state index is 0.0976. The molecule has 0 unspecified atom stereocenters. The van der Waals surface area contributed by atoms with Crippen molar-refractivity contribution in [1.82, 2.24) is 10.6 Å². The molecule has 12 heavy (non-hydrogen) atoms. The van der Waals surface area contributed by atoms with Crippen LogP contribution in [0.3, 0.4) is 0 Å². The number of amides is 1. The van der Waals surface area contributed by atoms with Gasteiger partial charge in [0, 0.05) is 33.2 Å². The van der Waals surface area contributed by atoms with Gasteiger partial charge >= 0.3 is 0 Å². The van der Waals surface area contributed by atoms with Gasteiger partial charge < -0.3 is 15.4 Å². The molecule has 4 nitrogen and oxygen atoms in total. The second-order valence-electron chi connectivity index (χ2n) is 2.55. The van der Waals surface area contributed by atoms with E-state index in [-0.39, 0.29) is 5.91 Å². The number of ether oxygens (including phenoxy) is 1. The summed E-state index contributed by atoms with van der Waals surface area (Å²) in [5.74, 6) is 0.0976. The van der Waals surface area contributed by atoms with Crippen LogP contribution in [0, 0.1) is 0 Å². The number of rotatable bonds is 7. The number of methoxy groups -OCH3 is 1. The lowest BCUT2D eigenvalue weighted by Crippen LogP contribution is -2.27. The smallest absolute Gasteiger partial charge is 0.221 e. The highest BCUT2D eigenvalue weighted by molar-refractivity contribution is 5.75. The van der Waals surface area contributed by atoms with Crippen molar-refractivity contribution < 1.29 is 9.53 Å². The molecule has 72 valence electrons. The van der Waals surface area contributed by atoms with Gasteiger partial charge in [-0.2, -0.15) is 0 Å². The van der Waals surface area contributed by atoms with Crippen LogP contribution in [0.2, 0.25) is 0 Å². The Morgan fingerprint density at radius 1 is 1.42 bits per heavy atom. The van der Waals surface area contributed by atoms with Crippen molar-refractivity contribution in [3.8, 4) is 0 Å². The minimum atomic E-state index is 0.0976. The van der Waals surface area contributed by atoms with E-state index in [1.54, 1.807) is 7.11 Å². The van der Waals surface area contributed by atoms with E-state index in [0.717, 1.165) is 13.0 Å². The van der Waals surface area contributed by atoms with E-state index < -0.39 is 0 Å². The van der Waals surface area contributed by atoms with Gasteiger partial charge in [-0.25, -0.2) is 0 Å². The topological polar surface area (TPSA) is 50.4 Å². The molecule has 0 aromatic heterocycles. The van der Waals surface area contributed by atoms with Gasteiger partial charge in [-0.15, -0.1) is 0 Å². The van der Waals surface area contributed by atoms with Crippen LogP contribution < -0.4 is 10.6 Å². The lowest BCUT2D eigenvalue weighted by Gasteiger charge is -2.03. The van der Waals surface area contributed by atoms with Crippen molar-refractivity contribution in [2.45, 2.75) is 12.8 Å². The van der Waals surface area contributed by atoms with Gasteiger partial charge in [0.05, 0.1) is 0 Å². The predicted octanol–water partition coefficient (Wildman–Crippen LogP) is -0.251. The van der Waals surface area contributed by atoms with E-state index in [1.165, 1.54) is 0 Å². The standard InChI is InChI=1S/C8H18N2O2/c1-9-6-4-8(11)10-5-3-7-12-2/h9H,3-7H2,1-2H3,(H,10,11). The number of nitrogens with one attached hydrogen (secondary N) is 2. The van der Waals surface area contributed by atoms with Gasteiger partial charge in [-0.05, 0) is 13.5 Å². The molecule has 0 aromatic rings. The number of carbonyl (C=O) groups is 1. The summed E-state index contributed by atoms with van der Waals surface area (Å²) < 4.78 is 4.84. The van der Waals surface area contributed by atoms with Crippen molar-refractivity contribution in [1.29, 1.82) is 0 Å². The molecule has 0 saturated carbocycles. The maximum Gasteiger partial charge on any atom is 0.221 e. The first-order valence-corrected chi connectivity index (χ1v) is 4.21. The number of hydrogen-bond acceptors (Lipinski definition) is 3. The third kappa shape index (κ3) is 7.50. The van der Waals surface area contributed by atoms with Crippen molar-refractivity contribution in [2.75, 3.05) is 33.9 Å². The fourth-order valence-corrected chi connectivity index (χ4v) is 0.771. The second kappa shape index (κ2) is 8.49. The summed E-state index contributed by atoms with van der Waals surface area (Å²) in [6.45, 7) is 2.14. The quantitative estimate of drug-likeness (QED) is 0.523. The molecule has 0 fully saturated rings. The van der Waals surface area contributed by atoms with Gasteiger partial charge in [0.15, 0.2) is 0 Å². The Morgan fingerprint density at radius 2 is 2.17 bits per heavy atom. The summed E-state index contributed by atoms with van der Waals surface area (Å²) in [5, 5.41) is 5.71. The summed E-state index contributed by atoms with van der Waals surface area (Å²) in [5.41, 5.74) is 0. The maximum absolute atomic E-state index is 11.0. The van der Waals surface area contributed by atoms with Crippen LogP contribution in [0.1, 0.15) is 12.8 Å². The molecule has 2 N–H and O–H groups in total. The lowest BCUT2D eigenvalue weighted by molar-refractivity contribution is -0.121. The summed E-state index contributed by atoms with van der Waals surface area (Å²) >= 11 is 0. The largest absolute Gasteiger partial charge is 0.385 e. The van der Waals surface area contributed by atoms with Crippen molar-refractivity contribution in [2.24, 2.45) is 0 Å². The Bertz CT molecular complexity index is 118. The molecule has 0 aromatic carbocycles. The molecule has 1 amide bonds. The van der Waals surface area contributed by atoms with E-state index in [9.17, 15) is 4.79 Å². The monoisotopic (exact) mass is 174 g/mol. The summed E-state index contributed by atoms with van der Waals surface area (Å²) in [4.78, 5) is 11.0. The Labute approximate surface area is 73.7 Å². The first-order chi connectivity index (χ1) is 5.81. The summed E-state index contributed by atoms with van der Waals surface area (Å²) in [6.07, 6.45) is 1.42. The maximum atomic E-state index is 11.0. The van der Waals surface area contributed by atoms with Gasteiger partial charge in [-0.1, -0.05) is 0 Å². The van der Waals surface area contributed by atoms with Crippen molar-refractivity contribution >= 4 is 5.91 Å². The van der Waals surface area contributed by atoms with Crippen LogP contribution in [-0.4, -0.2) is 39.8 Å². The van der Waals surface area contributed by atoms with E-state index >= 15 is 0 Å². The molecule has 0 radical (unpaired) electrons. The normalized spacial score (nSPS) is 9.83. The van der Waals surface area contributed by atoms with Gasteiger partial charge in [0.25, 0.3) is 0 Å². The number of hydrogen-bond donors (Lipinski definition) is 2.